The maximum atomic E-state index is 12.5. The molecule has 3 rings (SSSR count). The molecular formula is C18H13BrO4. The molecule has 0 amide bonds. The first-order chi connectivity index (χ1) is 11.0. The van der Waals surface area contributed by atoms with E-state index in [2.05, 4.69) is 15.9 Å². The molecule has 2 aromatic rings. The van der Waals surface area contributed by atoms with Gasteiger partial charge in [0.05, 0.1) is 5.56 Å². The fourth-order valence-electron chi connectivity index (χ4n) is 2.37. The molecule has 0 fully saturated rings. The van der Waals surface area contributed by atoms with Crippen LogP contribution in [0.25, 0.3) is 6.08 Å². The smallest absolute Gasteiger partial charge is 0.308 e. The standard InChI is InChI=1S/C18H13BrO4/c1-10-15(22-11(2)20)8-7-13-17(21)16(23-18(10)13)9-12-5-3-4-6-14(12)19/h3-9H,1-2H3/b16-9-. The van der Waals surface area contributed by atoms with Crippen molar-refractivity contribution in [1.29, 1.82) is 0 Å². The van der Waals surface area contributed by atoms with E-state index in [-0.39, 0.29) is 11.5 Å². The van der Waals surface area contributed by atoms with Crippen LogP contribution in [0.2, 0.25) is 0 Å². The Morgan fingerprint density at radius 1 is 1.22 bits per heavy atom. The molecule has 5 heteroatoms. The minimum atomic E-state index is -0.415. The number of halogens is 1. The number of hydrogen-bond donors (Lipinski definition) is 0. The molecule has 0 bridgehead atoms. The Morgan fingerprint density at radius 3 is 2.65 bits per heavy atom. The SMILES string of the molecule is CC(=O)Oc1ccc2c(c1C)O/C(=C\c1ccccc1Br)C2=O. The van der Waals surface area contributed by atoms with E-state index in [1.54, 1.807) is 25.1 Å². The van der Waals surface area contributed by atoms with Crippen molar-refractivity contribution in [1.82, 2.24) is 0 Å². The van der Waals surface area contributed by atoms with Crippen molar-refractivity contribution >= 4 is 33.8 Å². The third-order valence-electron chi connectivity index (χ3n) is 3.48. The molecule has 0 spiro atoms. The number of esters is 1. The average molecular weight is 373 g/mol. The highest BCUT2D eigenvalue weighted by molar-refractivity contribution is 9.10. The van der Waals surface area contributed by atoms with Crippen molar-refractivity contribution in [2.24, 2.45) is 0 Å². The van der Waals surface area contributed by atoms with Gasteiger partial charge in [-0.25, -0.2) is 0 Å². The summed E-state index contributed by atoms with van der Waals surface area (Å²) in [6.07, 6.45) is 1.69. The van der Waals surface area contributed by atoms with Crippen LogP contribution in [-0.4, -0.2) is 11.8 Å². The summed E-state index contributed by atoms with van der Waals surface area (Å²) in [6.45, 7) is 3.09. The monoisotopic (exact) mass is 372 g/mol. The summed E-state index contributed by atoms with van der Waals surface area (Å²) >= 11 is 3.44. The van der Waals surface area contributed by atoms with Crippen molar-refractivity contribution in [3.8, 4) is 11.5 Å². The molecule has 1 heterocycles. The highest BCUT2D eigenvalue weighted by atomic mass is 79.9. The van der Waals surface area contributed by atoms with Gasteiger partial charge in [-0.2, -0.15) is 0 Å². The van der Waals surface area contributed by atoms with Crippen molar-refractivity contribution in [3.63, 3.8) is 0 Å². The summed E-state index contributed by atoms with van der Waals surface area (Å²) in [4.78, 5) is 23.6. The number of rotatable bonds is 2. The van der Waals surface area contributed by atoms with Crippen LogP contribution in [0.1, 0.15) is 28.4 Å². The van der Waals surface area contributed by atoms with Crippen LogP contribution in [0, 0.1) is 6.92 Å². The molecule has 0 N–H and O–H groups in total. The van der Waals surface area contributed by atoms with Crippen LogP contribution in [0.4, 0.5) is 0 Å². The summed E-state index contributed by atoms with van der Waals surface area (Å²) < 4.78 is 11.7. The van der Waals surface area contributed by atoms with Crippen LogP contribution in [0.3, 0.4) is 0 Å². The van der Waals surface area contributed by atoms with Crippen LogP contribution >= 0.6 is 15.9 Å². The zero-order valence-corrected chi connectivity index (χ0v) is 14.1. The van der Waals surface area contributed by atoms with Crippen molar-refractivity contribution in [2.75, 3.05) is 0 Å². The number of Topliss-reactive ketones (excluding diaryl/α,β-unsaturated/α-hetero) is 1. The maximum absolute atomic E-state index is 12.5. The van der Waals surface area contributed by atoms with Gasteiger partial charge in [-0.3, -0.25) is 9.59 Å². The first-order valence-electron chi connectivity index (χ1n) is 6.98. The zero-order valence-electron chi connectivity index (χ0n) is 12.6. The van der Waals surface area contributed by atoms with Gasteiger partial charge in [0.1, 0.15) is 11.5 Å². The molecule has 0 unspecified atom stereocenters. The van der Waals surface area contributed by atoms with E-state index in [0.717, 1.165) is 10.0 Å². The predicted molar refractivity (Wildman–Crippen MR) is 89.6 cm³/mol. The number of ketones is 1. The highest BCUT2D eigenvalue weighted by Crippen LogP contribution is 2.39. The number of hydrogen-bond acceptors (Lipinski definition) is 4. The Labute approximate surface area is 141 Å². The van der Waals surface area contributed by atoms with Crippen LogP contribution in [0.15, 0.2) is 46.6 Å². The molecule has 0 aromatic heterocycles. The van der Waals surface area contributed by atoms with Crippen LogP contribution in [0.5, 0.6) is 11.5 Å². The normalized spacial score (nSPS) is 14.6. The van der Waals surface area contributed by atoms with E-state index in [1.165, 1.54) is 6.92 Å². The average Bonchev–Trinajstić information content (AvgIpc) is 2.82. The van der Waals surface area contributed by atoms with E-state index in [4.69, 9.17) is 9.47 Å². The van der Waals surface area contributed by atoms with E-state index < -0.39 is 5.97 Å². The van der Waals surface area contributed by atoms with Crippen molar-refractivity contribution < 1.29 is 19.1 Å². The Balaban J connectivity index is 2.01. The lowest BCUT2D eigenvalue weighted by Gasteiger charge is -2.08. The summed E-state index contributed by atoms with van der Waals surface area (Å²) in [5.41, 5.74) is 1.94. The van der Waals surface area contributed by atoms with Crippen molar-refractivity contribution in [2.45, 2.75) is 13.8 Å². The van der Waals surface area contributed by atoms with Crippen LogP contribution < -0.4 is 9.47 Å². The maximum Gasteiger partial charge on any atom is 0.308 e. The molecule has 0 saturated heterocycles. The number of fused-ring (bicyclic) bond motifs is 1. The second-order valence-electron chi connectivity index (χ2n) is 5.12. The molecule has 0 radical (unpaired) electrons. The molecule has 0 aliphatic carbocycles. The van der Waals surface area contributed by atoms with E-state index in [9.17, 15) is 9.59 Å². The quantitative estimate of drug-likeness (QED) is 0.448. The first kappa shape index (κ1) is 15.5. The molecule has 2 aromatic carbocycles. The number of allylic oxidation sites excluding steroid dienone is 1. The lowest BCUT2D eigenvalue weighted by Crippen LogP contribution is -2.03. The van der Waals surface area contributed by atoms with E-state index in [1.807, 2.05) is 24.3 Å². The summed E-state index contributed by atoms with van der Waals surface area (Å²) in [5, 5.41) is 0. The third-order valence-corrected chi connectivity index (χ3v) is 4.20. The van der Waals surface area contributed by atoms with E-state index >= 15 is 0 Å². The van der Waals surface area contributed by atoms with Gasteiger partial charge in [0.25, 0.3) is 0 Å². The Bertz CT molecular complexity index is 852. The fourth-order valence-corrected chi connectivity index (χ4v) is 2.77. The van der Waals surface area contributed by atoms with Gasteiger partial charge in [-0.15, -0.1) is 0 Å². The van der Waals surface area contributed by atoms with Gasteiger partial charge >= 0.3 is 5.97 Å². The number of benzene rings is 2. The molecule has 0 atom stereocenters. The van der Waals surface area contributed by atoms with Gasteiger partial charge in [0.15, 0.2) is 5.76 Å². The van der Waals surface area contributed by atoms with E-state index in [0.29, 0.717) is 22.6 Å². The second-order valence-corrected chi connectivity index (χ2v) is 5.97. The molecule has 4 nitrogen and oxygen atoms in total. The summed E-state index contributed by atoms with van der Waals surface area (Å²) in [7, 11) is 0. The molecule has 23 heavy (non-hydrogen) atoms. The van der Waals surface area contributed by atoms with Crippen molar-refractivity contribution in [3.05, 3.63) is 63.3 Å². The second kappa shape index (κ2) is 6.01. The Kier molecular flexibility index (Phi) is 4.05. The summed E-state index contributed by atoms with van der Waals surface area (Å²) in [6, 6.07) is 10.8. The number of carbonyl (C=O) groups is 2. The highest BCUT2D eigenvalue weighted by Gasteiger charge is 2.30. The minimum Gasteiger partial charge on any atom is -0.452 e. The molecule has 1 aliphatic heterocycles. The van der Waals surface area contributed by atoms with Gasteiger partial charge < -0.3 is 9.47 Å². The first-order valence-corrected chi connectivity index (χ1v) is 7.77. The molecular weight excluding hydrogens is 360 g/mol. The van der Waals surface area contributed by atoms with Crippen LogP contribution in [-0.2, 0) is 4.79 Å². The summed E-state index contributed by atoms with van der Waals surface area (Å²) in [5.74, 6) is 0.475. The van der Waals surface area contributed by atoms with Gasteiger partial charge in [-0.1, -0.05) is 34.1 Å². The minimum absolute atomic E-state index is 0.187. The number of ether oxygens (including phenoxy) is 2. The largest absolute Gasteiger partial charge is 0.452 e. The van der Waals surface area contributed by atoms with Gasteiger partial charge in [0.2, 0.25) is 5.78 Å². The van der Waals surface area contributed by atoms with Gasteiger partial charge in [-0.05, 0) is 36.8 Å². The predicted octanol–water partition coefficient (Wildman–Crippen LogP) is 4.30. The lowest BCUT2D eigenvalue weighted by atomic mass is 10.1. The molecule has 1 aliphatic rings. The van der Waals surface area contributed by atoms with Gasteiger partial charge in [0, 0.05) is 17.0 Å². The molecule has 116 valence electrons. The third kappa shape index (κ3) is 2.92. The zero-order chi connectivity index (χ0) is 16.6. The topological polar surface area (TPSA) is 52.6 Å². The lowest BCUT2D eigenvalue weighted by molar-refractivity contribution is -0.131. The molecule has 0 saturated carbocycles. The Hall–Kier alpha value is -2.40. The Morgan fingerprint density at radius 2 is 1.96 bits per heavy atom. The number of carbonyl (C=O) groups excluding carboxylic acids is 2. The fraction of sp³-hybridized carbons (Fsp3) is 0.111.